The van der Waals surface area contributed by atoms with E-state index in [0.717, 1.165) is 25.7 Å². The van der Waals surface area contributed by atoms with E-state index in [1.807, 2.05) is 6.26 Å². The molecule has 1 atom stereocenters. The first-order chi connectivity index (χ1) is 14.8. The second kappa shape index (κ2) is 12.8. The van der Waals surface area contributed by atoms with E-state index in [4.69, 9.17) is 27.9 Å². The van der Waals surface area contributed by atoms with Crippen LogP contribution in [0.25, 0.3) is 0 Å². The predicted molar refractivity (Wildman–Crippen MR) is 121 cm³/mol. The number of imide groups is 1. The molecular weight excluding hydrogens is 465 g/mol. The van der Waals surface area contributed by atoms with Crippen molar-refractivity contribution in [3.05, 3.63) is 33.8 Å². The first-order valence-electron chi connectivity index (χ1n) is 9.82. The van der Waals surface area contributed by atoms with Crippen LogP contribution in [0.2, 0.25) is 10.0 Å². The monoisotopic (exact) mass is 489 g/mol. The highest BCUT2D eigenvalue weighted by molar-refractivity contribution is 7.98. The van der Waals surface area contributed by atoms with Gasteiger partial charge in [-0.25, -0.2) is 9.59 Å². The van der Waals surface area contributed by atoms with Crippen molar-refractivity contribution in [1.82, 2.24) is 16.0 Å². The number of amides is 4. The van der Waals surface area contributed by atoms with Gasteiger partial charge in [0.25, 0.3) is 11.8 Å². The van der Waals surface area contributed by atoms with Crippen molar-refractivity contribution in [3.8, 4) is 0 Å². The normalized spacial score (nSPS) is 14.5. The van der Waals surface area contributed by atoms with Gasteiger partial charge in [0.2, 0.25) is 0 Å². The third-order valence-corrected chi connectivity index (χ3v) is 5.86. The quantitative estimate of drug-likeness (QED) is 0.459. The number of esters is 1. The summed E-state index contributed by atoms with van der Waals surface area (Å²) in [6.45, 7) is -0.635. The number of ether oxygens (including phenoxy) is 1. The molecule has 8 nitrogen and oxygen atoms in total. The van der Waals surface area contributed by atoms with Gasteiger partial charge >= 0.3 is 12.0 Å². The topological polar surface area (TPSA) is 114 Å². The fourth-order valence-electron chi connectivity index (χ4n) is 3.09. The maximum atomic E-state index is 12.5. The van der Waals surface area contributed by atoms with Gasteiger partial charge in [0.05, 0.1) is 10.6 Å². The van der Waals surface area contributed by atoms with Crippen molar-refractivity contribution in [2.45, 2.75) is 44.2 Å². The van der Waals surface area contributed by atoms with Gasteiger partial charge in [-0.1, -0.05) is 36.0 Å². The Bertz CT molecular complexity index is 818. The molecule has 1 aromatic rings. The largest absolute Gasteiger partial charge is 0.454 e. The molecule has 1 aliphatic carbocycles. The van der Waals surface area contributed by atoms with E-state index < -0.39 is 36.5 Å². The average molecular weight is 490 g/mol. The highest BCUT2D eigenvalue weighted by Crippen LogP contribution is 2.21. The summed E-state index contributed by atoms with van der Waals surface area (Å²) in [5.74, 6) is -1.52. The van der Waals surface area contributed by atoms with E-state index in [2.05, 4.69) is 16.0 Å². The summed E-state index contributed by atoms with van der Waals surface area (Å²) in [4.78, 5) is 48.7. The molecule has 31 heavy (non-hydrogen) atoms. The molecule has 1 fully saturated rings. The van der Waals surface area contributed by atoms with Gasteiger partial charge in [-0.3, -0.25) is 14.9 Å². The Morgan fingerprint density at radius 1 is 1.19 bits per heavy atom. The Kier molecular flexibility index (Phi) is 10.4. The molecule has 170 valence electrons. The maximum absolute atomic E-state index is 12.5. The number of urea groups is 1. The van der Waals surface area contributed by atoms with E-state index in [1.54, 1.807) is 0 Å². The number of hydrogen-bond donors (Lipinski definition) is 3. The zero-order valence-electron chi connectivity index (χ0n) is 17.0. The zero-order chi connectivity index (χ0) is 22.8. The van der Waals surface area contributed by atoms with Gasteiger partial charge in [-0.2, -0.15) is 11.8 Å². The summed E-state index contributed by atoms with van der Waals surface area (Å²) < 4.78 is 5.01. The van der Waals surface area contributed by atoms with Crippen molar-refractivity contribution >= 4 is 58.8 Å². The molecule has 0 radical (unpaired) electrons. The van der Waals surface area contributed by atoms with Gasteiger partial charge < -0.3 is 15.4 Å². The van der Waals surface area contributed by atoms with E-state index in [-0.39, 0.29) is 16.6 Å². The minimum atomic E-state index is -0.980. The highest BCUT2D eigenvalue weighted by atomic mass is 35.5. The third-order valence-electron chi connectivity index (χ3n) is 4.67. The molecular formula is C20H25Cl2N3O5S. The predicted octanol–water partition coefficient (Wildman–Crippen LogP) is 3.16. The number of thioether (sulfide) groups is 1. The Hall–Kier alpha value is -1.97. The molecule has 0 saturated heterocycles. The molecule has 1 unspecified atom stereocenters. The van der Waals surface area contributed by atoms with Crippen LogP contribution in [0.4, 0.5) is 4.79 Å². The Morgan fingerprint density at radius 3 is 2.55 bits per heavy atom. The number of carbonyl (C=O) groups is 4. The molecule has 1 saturated carbocycles. The van der Waals surface area contributed by atoms with Crippen molar-refractivity contribution in [3.63, 3.8) is 0 Å². The van der Waals surface area contributed by atoms with Gasteiger partial charge in [0.15, 0.2) is 6.61 Å². The lowest BCUT2D eigenvalue weighted by atomic mass is 10.1. The van der Waals surface area contributed by atoms with E-state index in [9.17, 15) is 19.2 Å². The van der Waals surface area contributed by atoms with Crippen LogP contribution in [0.15, 0.2) is 18.2 Å². The standard InChI is InChI=1S/C20H25Cl2N3O5S/c1-31-9-8-16(24-18(27)14-7-6-12(21)10-15(14)22)19(28)30-11-17(26)25-20(29)23-13-4-2-3-5-13/h6-7,10,13,16H,2-5,8-9,11H2,1H3,(H,24,27)(H2,23,25,26,29). The number of benzene rings is 1. The maximum Gasteiger partial charge on any atom is 0.329 e. The molecule has 0 aromatic heterocycles. The van der Waals surface area contributed by atoms with Gasteiger partial charge in [-0.05, 0) is 49.5 Å². The van der Waals surface area contributed by atoms with Gasteiger partial charge in [0.1, 0.15) is 6.04 Å². The van der Waals surface area contributed by atoms with Crippen LogP contribution in [-0.4, -0.2) is 54.5 Å². The fourth-order valence-corrected chi connectivity index (χ4v) is 4.05. The molecule has 0 aliphatic heterocycles. The van der Waals surface area contributed by atoms with Crippen LogP contribution in [0.3, 0.4) is 0 Å². The molecule has 4 amide bonds. The smallest absolute Gasteiger partial charge is 0.329 e. The number of rotatable bonds is 9. The van der Waals surface area contributed by atoms with Crippen molar-refractivity contribution < 1.29 is 23.9 Å². The molecule has 0 bridgehead atoms. The third kappa shape index (κ3) is 8.59. The number of hydrogen-bond acceptors (Lipinski definition) is 6. The SMILES string of the molecule is CSCCC(NC(=O)c1ccc(Cl)cc1Cl)C(=O)OCC(=O)NC(=O)NC1CCCC1. The second-order valence-corrected chi connectivity index (χ2v) is 8.87. The van der Waals surface area contributed by atoms with Crippen LogP contribution in [-0.2, 0) is 14.3 Å². The first kappa shape index (κ1) is 25.3. The van der Waals surface area contributed by atoms with Gasteiger partial charge in [0, 0.05) is 11.1 Å². The lowest BCUT2D eigenvalue weighted by molar-refractivity contribution is -0.150. The lowest BCUT2D eigenvalue weighted by Crippen LogP contribution is -2.46. The van der Waals surface area contributed by atoms with Crippen molar-refractivity contribution in [2.24, 2.45) is 0 Å². The van der Waals surface area contributed by atoms with Crippen LogP contribution < -0.4 is 16.0 Å². The molecule has 11 heteroatoms. The minimum Gasteiger partial charge on any atom is -0.454 e. The number of carbonyl (C=O) groups excluding carboxylic acids is 4. The summed E-state index contributed by atoms with van der Waals surface area (Å²) in [6, 6.07) is 2.85. The fraction of sp³-hybridized carbons (Fsp3) is 0.500. The van der Waals surface area contributed by atoms with Gasteiger partial charge in [-0.15, -0.1) is 0 Å². The molecule has 2 rings (SSSR count). The van der Waals surface area contributed by atoms with Crippen LogP contribution >= 0.6 is 35.0 Å². The molecule has 1 aromatic carbocycles. The van der Waals surface area contributed by atoms with Crippen LogP contribution in [0.1, 0.15) is 42.5 Å². The summed E-state index contributed by atoms with van der Waals surface area (Å²) in [6.07, 6.45) is 6.00. The Morgan fingerprint density at radius 2 is 1.90 bits per heavy atom. The van der Waals surface area contributed by atoms with E-state index >= 15 is 0 Å². The number of nitrogens with one attached hydrogen (secondary N) is 3. The van der Waals surface area contributed by atoms with Crippen molar-refractivity contribution in [1.29, 1.82) is 0 Å². The molecule has 3 N–H and O–H groups in total. The average Bonchev–Trinajstić information content (AvgIpc) is 3.21. The first-order valence-corrected chi connectivity index (χ1v) is 12.0. The second-order valence-electron chi connectivity index (χ2n) is 7.04. The summed E-state index contributed by atoms with van der Waals surface area (Å²) in [5, 5.41) is 7.95. The van der Waals surface area contributed by atoms with Crippen LogP contribution in [0.5, 0.6) is 0 Å². The number of halogens is 2. The summed E-state index contributed by atoms with van der Waals surface area (Å²) in [5.41, 5.74) is 0.161. The minimum absolute atomic E-state index is 0.0566. The Labute approximate surface area is 195 Å². The van der Waals surface area contributed by atoms with E-state index in [1.165, 1.54) is 30.0 Å². The summed E-state index contributed by atoms with van der Waals surface area (Å²) >= 11 is 13.4. The highest BCUT2D eigenvalue weighted by Gasteiger charge is 2.25. The summed E-state index contributed by atoms with van der Waals surface area (Å²) in [7, 11) is 0. The zero-order valence-corrected chi connectivity index (χ0v) is 19.4. The van der Waals surface area contributed by atoms with E-state index in [0.29, 0.717) is 17.2 Å². The molecule has 1 aliphatic rings. The molecule has 0 spiro atoms. The lowest BCUT2D eigenvalue weighted by Gasteiger charge is -2.18. The Balaban J connectivity index is 1.87. The van der Waals surface area contributed by atoms with Crippen molar-refractivity contribution in [2.75, 3.05) is 18.6 Å². The molecule has 0 heterocycles. The van der Waals surface area contributed by atoms with Crippen LogP contribution in [0, 0.1) is 0 Å².